The molecule has 0 atom stereocenters. The molecule has 0 unspecified atom stereocenters. The molecule has 1 amide bonds. The Hall–Kier alpha value is -2.17. The van der Waals surface area contributed by atoms with Crippen molar-refractivity contribution >= 4 is 50.3 Å². The monoisotopic (exact) mass is 398 g/mol. The normalized spacial score (nSPS) is 11.0. The lowest BCUT2D eigenvalue weighted by Gasteiger charge is -2.15. The fourth-order valence-electron chi connectivity index (χ4n) is 1.86. The van der Waals surface area contributed by atoms with Crippen LogP contribution in [-0.2, 0) is 10.0 Å². The van der Waals surface area contributed by atoms with Gasteiger partial charge in [-0.2, -0.15) is 0 Å². The van der Waals surface area contributed by atoms with E-state index in [1.54, 1.807) is 23.6 Å². The van der Waals surface area contributed by atoms with Crippen molar-refractivity contribution in [3.63, 3.8) is 0 Å². The van der Waals surface area contributed by atoms with Gasteiger partial charge in [-0.05, 0) is 49.6 Å². The van der Waals surface area contributed by atoms with Gasteiger partial charge in [0.25, 0.3) is 15.9 Å². The Morgan fingerprint density at radius 1 is 1.12 bits per heavy atom. The van der Waals surface area contributed by atoms with Crippen LogP contribution in [0.25, 0.3) is 0 Å². The van der Waals surface area contributed by atoms with Crippen LogP contribution in [0.1, 0.15) is 24.2 Å². The third kappa shape index (κ3) is 5.41. The number of para-hydroxylation sites is 1. The van der Waals surface area contributed by atoms with Gasteiger partial charge in [0, 0.05) is 6.04 Å². The summed E-state index contributed by atoms with van der Waals surface area (Å²) in [6, 6.07) is 9.57. The maximum atomic E-state index is 12.3. The van der Waals surface area contributed by atoms with Crippen LogP contribution in [0, 0.1) is 0 Å². The number of hydrazine groups is 1. The minimum Gasteiger partial charge on any atom is -0.359 e. The van der Waals surface area contributed by atoms with E-state index >= 15 is 0 Å². The topological polar surface area (TPSA) is 99.3 Å². The van der Waals surface area contributed by atoms with Gasteiger partial charge in [-0.3, -0.25) is 20.4 Å². The Morgan fingerprint density at radius 3 is 2.48 bits per heavy atom. The van der Waals surface area contributed by atoms with Crippen LogP contribution >= 0.6 is 23.6 Å². The Bertz CT molecular complexity index is 849. The van der Waals surface area contributed by atoms with Gasteiger partial charge in [-0.25, -0.2) is 8.42 Å². The molecule has 1 heterocycles. The van der Waals surface area contributed by atoms with E-state index in [0.29, 0.717) is 0 Å². The van der Waals surface area contributed by atoms with E-state index in [-0.39, 0.29) is 26.6 Å². The van der Waals surface area contributed by atoms with Gasteiger partial charge >= 0.3 is 0 Å². The third-order valence-corrected chi connectivity index (χ3v) is 5.87. The number of benzene rings is 1. The average Bonchev–Trinajstić information content (AvgIpc) is 3.07. The van der Waals surface area contributed by atoms with Crippen molar-refractivity contribution in [2.75, 3.05) is 4.72 Å². The van der Waals surface area contributed by atoms with Crippen molar-refractivity contribution in [1.82, 2.24) is 16.2 Å². The summed E-state index contributed by atoms with van der Waals surface area (Å²) in [5, 5.41) is 4.85. The zero-order valence-corrected chi connectivity index (χ0v) is 16.0. The van der Waals surface area contributed by atoms with Gasteiger partial charge in [-0.1, -0.05) is 18.2 Å². The summed E-state index contributed by atoms with van der Waals surface area (Å²) in [6.45, 7) is 3.81. The largest absolute Gasteiger partial charge is 0.359 e. The van der Waals surface area contributed by atoms with Crippen molar-refractivity contribution in [3.05, 3.63) is 47.3 Å². The van der Waals surface area contributed by atoms with Gasteiger partial charge in [0.1, 0.15) is 4.21 Å². The van der Waals surface area contributed by atoms with E-state index in [0.717, 1.165) is 11.3 Å². The lowest BCUT2D eigenvalue weighted by atomic mass is 10.2. The van der Waals surface area contributed by atoms with Crippen LogP contribution in [0.2, 0.25) is 0 Å². The first-order chi connectivity index (χ1) is 11.8. The summed E-state index contributed by atoms with van der Waals surface area (Å²) in [7, 11) is -3.74. The Kier molecular flexibility index (Phi) is 6.34. The zero-order valence-electron chi connectivity index (χ0n) is 13.6. The Morgan fingerprint density at radius 2 is 1.84 bits per heavy atom. The molecule has 0 radical (unpaired) electrons. The van der Waals surface area contributed by atoms with Crippen molar-refractivity contribution in [2.24, 2.45) is 0 Å². The molecule has 4 N–H and O–H groups in total. The molecule has 1 aromatic heterocycles. The number of hydrogen-bond acceptors (Lipinski definition) is 5. The summed E-state index contributed by atoms with van der Waals surface area (Å²) in [6.07, 6.45) is 0. The van der Waals surface area contributed by atoms with Crippen LogP contribution in [0.15, 0.2) is 46.0 Å². The van der Waals surface area contributed by atoms with Crippen molar-refractivity contribution in [3.8, 4) is 0 Å². The second-order valence-electron chi connectivity index (χ2n) is 5.29. The van der Waals surface area contributed by atoms with Gasteiger partial charge in [-0.15, -0.1) is 11.3 Å². The summed E-state index contributed by atoms with van der Waals surface area (Å²) in [5.41, 5.74) is 5.36. The predicted molar refractivity (Wildman–Crippen MR) is 103 cm³/mol. The number of rotatable bonds is 5. The summed E-state index contributed by atoms with van der Waals surface area (Å²) in [4.78, 5) is 12.3. The third-order valence-electron chi connectivity index (χ3n) is 2.89. The standard InChI is InChI=1S/C15H18N4O3S3/c1-10(2)16-15(23)18-17-14(20)11-6-3-4-7-12(11)19-25(21,22)13-8-5-9-24-13/h3-10,19H,1-2H3,(H,17,20)(H2,16,18,23). The summed E-state index contributed by atoms with van der Waals surface area (Å²) >= 11 is 6.12. The number of carbonyl (C=O) groups excluding carboxylic acids is 1. The van der Waals surface area contributed by atoms with Crippen LogP contribution in [-0.4, -0.2) is 25.5 Å². The lowest BCUT2D eigenvalue weighted by Crippen LogP contribution is -2.48. The second kappa shape index (κ2) is 8.28. The highest BCUT2D eigenvalue weighted by Crippen LogP contribution is 2.22. The highest BCUT2D eigenvalue weighted by Gasteiger charge is 2.19. The second-order valence-corrected chi connectivity index (χ2v) is 8.56. The molecule has 0 bridgehead atoms. The molecule has 0 aliphatic heterocycles. The van der Waals surface area contributed by atoms with Crippen LogP contribution in [0.5, 0.6) is 0 Å². The highest BCUT2D eigenvalue weighted by atomic mass is 32.2. The molecule has 0 aliphatic carbocycles. The van der Waals surface area contributed by atoms with Crippen molar-refractivity contribution in [2.45, 2.75) is 24.1 Å². The van der Waals surface area contributed by atoms with Gasteiger partial charge < -0.3 is 5.32 Å². The molecule has 0 saturated carbocycles. The molecule has 134 valence electrons. The van der Waals surface area contributed by atoms with Gasteiger partial charge in [0.05, 0.1) is 11.3 Å². The number of sulfonamides is 1. The molecule has 2 aromatic rings. The number of thiophene rings is 1. The fourth-order valence-corrected chi connectivity index (χ4v) is 4.22. The molecule has 7 nitrogen and oxygen atoms in total. The van der Waals surface area contributed by atoms with E-state index in [2.05, 4.69) is 20.9 Å². The Balaban J connectivity index is 2.12. The van der Waals surface area contributed by atoms with E-state index in [1.807, 2.05) is 13.8 Å². The number of anilines is 1. The molecule has 10 heteroatoms. The molecule has 0 fully saturated rings. The quantitative estimate of drug-likeness (QED) is 0.455. The molecule has 0 saturated heterocycles. The molecule has 25 heavy (non-hydrogen) atoms. The first-order valence-corrected chi connectivity index (χ1v) is 10.1. The molecule has 1 aromatic carbocycles. The molecular weight excluding hydrogens is 380 g/mol. The number of thiocarbonyl (C=S) groups is 1. The maximum Gasteiger partial charge on any atom is 0.271 e. The minimum atomic E-state index is -3.74. The SMILES string of the molecule is CC(C)NC(=S)NNC(=O)c1ccccc1NS(=O)(=O)c1cccs1. The van der Waals surface area contributed by atoms with Crippen molar-refractivity contribution < 1.29 is 13.2 Å². The van der Waals surface area contributed by atoms with E-state index in [1.165, 1.54) is 18.2 Å². The summed E-state index contributed by atoms with van der Waals surface area (Å²) in [5.74, 6) is -0.516. The summed E-state index contributed by atoms with van der Waals surface area (Å²) < 4.78 is 27.3. The van der Waals surface area contributed by atoms with Crippen LogP contribution < -0.4 is 20.9 Å². The van der Waals surface area contributed by atoms with Gasteiger partial charge in [0.15, 0.2) is 5.11 Å². The van der Waals surface area contributed by atoms with E-state index < -0.39 is 15.9 Å². The van der Waals surface area contributed by atoms with Crippen LogP contribution in [0.4, 0.5) is 5.69 Å². The van der Waals surface area contributed by atoms with E-state index in [4.69, 9.17) is 12.2 Å². The molecule has 0 spiro atoms. The maximum absolute atomic E-state index is 12.3. The predicted octanol–water partition coefficient (Wildman–Crippen LogP) is 2.07. The number of nitrogens with one attached hydrogen (secondary N) is 4. The lowest BCUT2D eigenvalue weighted by molar-refractivity contribution is 0.0944. The first kappa shape index (κ1) is 19.2. The first-order valence-electron chi connectivity index (χ1n) is 7.32. The van der Waals surface area contributed by atoms with Crippen LogP contribution in [0.3, 0.4) is 0 Å². The van der Waals surface area contributed by atoms with Crippen molar-refractivity contribution in [1.29, 1.82) is 0 Å². The number of amides is 1. The highest BCUT2D eigenvalue weighted by molar-refractivity contribution is 7.94. The van der Waals surface area contributed by atoms with Gasteiger partial charge in [0.2, 0.25) is 0 Å². The fraction of sp³-hybridized carbons (Fsp3) is 0.200. The molecule has 0 aliphatic rings. The number of carbonyl (C=O) groups is 1. The Labute approximate surface area is 155 Å². The zero-order chi connectivity index (χ0) is 18.4. The average molecular weight is 399 g/mol. The smallest absolute Gasteiger partial charge is 0.271 e. The van der Waals surface area contributed by atoms with E-state index in [9.17, 15) is 13.2 Å². The molecule has 2 rings (SSSR count). The minimum absolute atomic E-state index is 0.113. The molecular formula is C15H18N4O3S3. The number of hydrogen-bond donors (Lipinski definition) is 4.